The summed E-state index contributed by atoms with van der Waals surface area (Å²) in [5.41, 5.74) is 3.07. The number of aryl methyl sites for hydroxylation is 2. The molecule has 0 saturated carbocycles. The number of aromatic nitrogens is 7. The van der Waals surface area contributed by atoms with Gasteiger partial charge in [0.15, 0.2) is 0 Å². The van der Waals surface area contributed by atoms with Crippen molar-refractivity contribution in [3.63, 3.8) is 0 Å². The van der Waals surface area contributed by atoms with E-state index in [9.17, 15) is 0 Å². The third-order valence-electron chi connectivity index (χ3n) is 6.00. The van der Waals surface area contributed by atoms with Gasteiger partial charge < -0.3 is 9.47 Å². The lowest BCUT2D eigenvalue weighted by molar-refractivity contribution is 0.460. The van der Waals surface area contributed by atoms with E-state index in [4.69, 9.17) is 0 Å². The second-order valence-corrected chi connectivity index (χ2v) is 7.67. The fraction of sp³-hybridized carbons (Fsp3) is 0.632. The summed E-state index contributed by atoms with van der Waals surface area (Å²) in [6, 6.07) is 2.17. The molecule has 142 valence electrons. The minimum atomic E-state index is 0.502. The summed E-state index contributed by atoms with van der Waals surface area (Å²) in [5, 5.41) is 22.0. The van der Waals surface area contributed by atoms with Crippen LogP contribution in [-0.4, -0.2) is 47.7 Å². The second-order valence-electron chi connectivity index (χ2n) is 7.67. The Hall–Kier alpha value is -2.51. The molecule has 5 heterocycles. The van der Waals surface area contributed by atoms with Crippen LogP contribution in [-0.2, 0) is 19.4 Å². The molecule has 0 bridgehead atoms. The molecule has 1 saturated heterocycles. The van der Waals surface area contributed by atoms with Gasteiger partial charge in [0.2, 0.25) is 5.65 Å². The van der Waals surface area contributed by atoms with Crippen LogP contribution in [0.5, 0.6) is 0 Å². The second kappa shape index (κ2) is 6.90. The summed E-state index contributed by atoms with van der Waals surface area (Å²) in [4.78, 5) is 2.43. The average molecular weight is 366 g/mol. The van der Waals surface area contributed by atoms with E-state index >= 15 is 0 Å². The third-order valence-corrected chi connectivity index (χ3v) is 6.00. The number of fused-ring (bicyclic) bond motifs is 2. The Morgan fingerprint density at radius 1 is 1.04 bits per heavy atom. The lowest BCUT2D eigenvalue weighted by Crippen LogP contribution is -2.34. The summed E-state index contributed by atoms with van der Waals surface area (Å²) >= 11 is 0. The molecule has 27 heavy (non-hydrogen) atoms. The molecule has 3 aromatic heterocycles. The summed E-state index contributed by atoms with van der Waals surface area (Å²) in [6.07, 6.45) is 9.67. The molecular weight excluding hydrogens is 340 g/mol. The molecule has 0 unspecified atom stereocenters. The first kappa shape index (κ1) is 16.6. The molecule has 2 aliphatic rings. The maximum Gasteiger partial charge on any atom is 0.200 e. The van der Waals surface area contributed by atoms with E-state index in [0.717, 1.165) is 62.3 Å². The first-order valence-corrected chi connectivity index (χ1v) is 10.2. The molecule has 8 nitrogen and oxygen atoms in total. The van der Waals surface area contributed by atoms with Gasteiger partial charge in [0.05, 0.1) is 11.4 Å². The largest absolute Gasteiger partial charge is 0.368 e. The van der Waals surface area contributed by atoms with E-state index < -0.39 is 0 Å². The van der Waals surface area contributed by atoms with Crippen LogP contribution in [0.25, 0.3) is 5.65 Å². The van der Waals surface area contributed by atoms with Crippen LogP contribution in [0.15, 0.2) is 12.4 Å². The van der Waals surface area contributed by atoms with Crippen molar-refractivity contribution >= 4 is 11.3 Å². The zero-order valence-electron chi connectivity index (χ0n) is 15.9. The smallest absolute Gasteiger partial charge is 0.200 e. The number of rotatable bonds is 3. The summed E-state index contributed by atoms with van der Waals surface area (Å²) in [6.45, 7) is 5.22. The Labute approximate surface area is 158 Å². The molecule has 3 aromatic rings. The molecule has 0 aliphatic carbocycles. The van der Waals surface area contributed by atoms with E-state index in [1.807, 2.05) is 0 Å². The Kier molecular flexibility index (Phi) is 4.26. The van der Waals surface area contributed by atoms with Crippen molar-refractivity contribution in [3.05, 3.63) is 29.7 Å². The highest BCUT2D eigenvalue weighted by Crippen LogP contribution is 2.32. The Morgan fingerprint density at radius 2 is 1.93 bits per heavy atom. The van der Waals surface area contributed by atoms with Crippen molar-refractivity contribution in [2.45, 2.75) is 64.3 Å². The molecule has 2 aliphatic heterocycles. The Balaban J connectivity index is 1.37. The van der Waals surface area contributed by atoms with Crippen LogP contribution < -0.4 is 4.90 Å². The molecule has 0 spiro atoms. The normalized spacial score (nSPS) is 18.6. The monoisotopic (exact) mass is 366 g/mol. The van der Waals surface area contributed by atoms with Crippen LogP contribution in [0.2, 0.25) is 0 Å². The van der Waals surface area contributed by atoms with Crippen molar-refractivity contribution in [3.8, 4) is 0 Å². The van der Waals surface area contributed by atoms with Gasteiger partial charge >= 0.3 is 0 Å². The van der Waals surface area contributed by atoms with Gasteiger partial charge in [-0.05, 0) is 38.2 Å². The number of piperidine rings is 1. The molecular formula is C19H26N8. The van der Waals surface area contributed by atoms with Gasteiger partial charge in [-0.2, -0.15) is 9.61 Å². The van der Waals surface area contributed by atoms with Gasteiger partial charge in [0, 0.05) is 32.0 Å². The average Bonchev–Trinajstić information content (AvgIpc) is 3.28. The van der Waals surface area contributed by atoms with Gasteiger partial charge in [-0.15, -0.1) is 20.4 Å². The fourth-order valence-corrected chi connectivity index (χ4v) is 4.45. The highest BCUT2D eigenvalue weighted by Gasteiger charge is 2.28. The standard InChI is InChI=1S/C19H26N8/c1-2-15-12-16(19-22-20-13-27(19)24-15)25-10-7-14(8-11-25)18-23-21-17-6-4-3-5-9-26(17)18/h12-14H,2-11H2,1H3. The van der Waals surface area contributed by atoms with Gasteiger partial charge in [0.25, 0.3) is 0 Å². The molecule has 0 atom stereocenters. The molecule has 0 radical (unpaired) electrons. The quantitative estimate of drug-likeness (QED) is 0.708. The lowest BCUT2D eigenvalue weighted by Gasteiger charge is -2.33. The number of hydrogen-bond acceptors (Lipinski definition) is 6. The SMILES string of the molecule is CCc1cc(N2CCC(c3nnc4n3CCCCC4)CC2)c2nncn2n1. The third kappa shape index (κ3) is 2.96. The summed E-state index contributed by atoms with van der Waals surface area (Å²) in [5.74, 6) is 2.90. The summed E-state index contributed by atoms with van der Waals surface area (Å²) in [7, 11) is 0. The van der Waals surface area contributed by atoms with Gasteiger partial charge in [-0.25, -0.2) is 0 Å². The number of nitrogens with zero attached hydrogens (tertiary/aromatic N) is 8. The van der Waals surface area contributed by atoms with Crippen molar-refractivity contribution in [1.82, 2.24) is 34.6 Å². The van der Waals surface area contributed by atoms with Crippen LogP contribution in [0, 0.1) is 0 Å². The Morgan fingerprint density at radius 3 is 2.78 bits per heavy atom. The van der Waals surface area contributed by atoms with E-state index in [-0.39, 0.29) is 0 Å². The number of anilines is 1. The van der Waals surface area contributed by atoms with Crippen molar-refractivity contribution < 1.29 is 0 Å². The molecule has 0 amide bonds. The van der Waals surface area contributed by atoms with E-state index in [1.54, 1.807) is 10.8 Å². The zero-order valence-corrected chi connectivity index (χ0v) is 15.9. The summed E-state index contributed by atoms with van der Waals surface area (Å²) < 4.78 is 4.21. The Bertz CT molecular complexity index is 934. The van der Waals surface area contributed by atoms with E-state index in [0.29, 0.717) is 5.92 Å². The predicted octanol–water partition coefficient (Wildman–Crippen LogP) is 2.39. The van der Waals surface area contributed by atoms with Crippen LogP contribution in [0.4, 0.5) is 5.69 Å². The molecule has 0 aromatic carbocycles. The van der Waals surface area contributed by atoms with Crippen molar-refractivity contribution in [2.24, 2.45) is 0 Å². The molecule has 8 heteroatoms. The van der Waals surface area contributed by atoms with E-state index in [2.05, 4.69) is 48.0 Å². The molecule has 5 rings (SSSR count). The number of hydrogen-bond donors (Lipinski definition) is 0. The predicted molar refractivity (Wildman–Crippen MR) is 102 cm³/mol. The van der Waals surface area contributed by atoms with Gasteiger partial charge in [-0.3, -0.25) is 0 Å². The van der Waals surface area contributed by atoms with Crippen molar-refractivity contribution in [1.29, 1.82) is 0 Å². The minimum Gasteiger partial charge on any atom is -0.368 e. The zero-order chi connectivity index (χ0) is 18.2. The lowest BCUT2D eigenvalue weighted by atomic mass is 9.95. The first-order chi connectivity index (χ1) is 13.3. The maximum absolute atomic E-state index is 4.59. The van der Waals surface area contributed by atoms with Crippen molar-refractivity contribution in [2.75, 3.05) is 18.0 Å². The minimum absolute atomic E-state index is 0.502. The molecule has 1 fully saturated rings. The van der Waals surface area contributed by atoms with Crippen LogP contribution in [0.3, 0.4) is 0 Å². The highest BCUT2D eigenvalue weighted by molar-refractivity contribution is 5.68. The van der Waals surface area contributed by atoms with Gasteiger partial charge in [0.1, 0.15) is 18.0 Å². The topological polar surface area (TPSA) is 77.0 Å². The van der Waals surface area contributed by atoms with Crippen LogP contribution in [0.1, 0.15) is 62.3 Å². The highest BCUT2D eigenvalue weighted by atomic mass is 15.4. The van der Waals surface area contributed by atoms with Crippen LogP contribution >= 0.6 is 0 Å². The fourth-order valence-electron chi connectivity index (χ4n) is 4.45. The van der Waals surface area contributed by atoms with Gasteiger partial charge in [-0.1, -0.05) is 13.3 Å². The van der Waals surface area contributed by atoms with E-state index in [1.165, 1.54) is 30.9 Å². The first-order valence-electron chi connectivity index (χ1n) is 10.2. The molecule has 0 N–H and O–H groups in total. The maximum atomic E-state index is 4.59.